The third-order valence-electron chi connectivity index (χ3n) is 2.19. The summed E-state index contributed by atoms with van der Waals surface area (Å²) in [5.41, 5.74) is 4.02. The van der Waals surface area contributed by atoms with E-state index in [0.717, 1.165) is 6.42 Å². The maximum Gasteiger partial charge on any atom is 0.328 e. The molecular weight excluding hydrogens is 186 g/mol. The van der Waals surface area contributed by atoms with Crippen LogP contribution in [0, 0.1) is 0 Å². The van der Waals surface area contributed by atoms with Crippen molar-refractivity contribution in [1.82, 2.24) is 10.6 Å². The molecular formula is C8H13N3O3. The number of carbonyl (C=O) groups is 3. The van der Waals surface area contributed by atoms with Gasteiger partial charge in [-0.2, -0.15) is 0 Å². The summed E-state index contributed by atoms with van der Waals surface area (Å²) in [4.78, 5) is 33.4. The average Bonchev–Trinajstić information content (AvgIpc) is 2.11. The number of imide groups is 2. The van der Waals surface area contributed by atoms with Gasteiger partial charge >= 0.3 is 6.03 Å². The first-order valence-corrected chi connectivity index (χ1v) is 4.46. The molecule has 0 aromatic heterocycles. The van der Waals surface area contributed by atoms with Gasteiger partial charge in [-0.15, -0.1) is 0 Å². The van der Waals surface area contributed by atoms with Gasteiger partial charge in [0.1, 0.15) is 0 Å². The van der Waals surface area contributed by atoms with Gasteiger partial charge in [0.05, 0.1) is 0 Å². The lowest BCUT2D eigenvalue weighted by atomic mass is 9.90. The first kappa shape index (κ1) is 10.6. The Morgan fingerprint density at radius 1 is 1.21 bits per heavy atom. The molecule has 4 N–H and O–H groups in total. The fourth-order valence-corrected chi connectivity index (χ4v) is 1.25. The average molecular weight is 199 g/mol. The topological polar surface area (TPSA) is 101 Å². The van der Waals surface area contributed by atoms with Crippen LogP contribution in [-0.4, -0.2) is 23.4 Å². The number of nitrogens with one attached hydrogen (secondary N) is 2. The number of nitrogens with two attached hydrogens (primary N) is 1. The standard InChI is InChI=1S/C8H13N3O3/c1-2-3-4-8(9)5(12)10-7(14)11-6(8)13/h2-4,9H2,1H3,(H2,10,11,12,13,14). The van der Waals surface area contributed by atoms with Gasteiger partial charge in [-0.05, 0) is 6.42 Å². The van der Waals surface area contributed by atoms with E-state index in [2.05, 4.69) is 0 Å². The summed E-state index contributed by atoms with van der Waals surface area (Å²) in [6.45, 7) is 1.92. The molecule has 0 bridgehead atoms. The zero-order chi connectivity index (χ0) is 10.8. The molecule has 0 unspecified atom stereocenters. The molecule has 14 heavy (non-hydrogen) atoms. The second kappa shape index (κ2) is 3.75. The third-order valence-corrected chi connectivity index (χ3v) is 2.19. The molecule has 4 amide bonds. The van der Waals surface area contributed by atoms with E-state index >= 15 is 0 Å². The van der Waals surface area contributed by atoms with Crippen LogP contribution in [0.4, 0.5) is 4.79 Å². The molecule has 1 fully saturated rings. The van der Waals surface area contributed by atoms with Crippen LogP contribution < -0.4 is 16.4 Å². The lowest BCUT2D eigenvalue weighted by Gasteiger charge is -2.29. The smallest absolute Gasteiger partial charge is 0.309 e. The van der Waals surface area contributed by atoms with E-state index in [1.54, 1.807) is 0 Å². The van der Waals surface area contributed by atoms with Gasteiger partial charge in [0, 0.05) is 0 Å². The Morgan fingerprint density at radius 2 is 1.71 bits per heavy atom. The highest BCUT2D eigenvalue weighted by atomic mass is 16.2. The number of hydrogen-bond acceptors (Lipinski definition) is 4. The molecule has 1 rings (SSSR count). The Hall–Kier alpha value is -1.43. The Balaban J connectivity index is 2.79. The van der Waals surface area contributed by atoms with Gasteiger partial charge in [0.15, 0.2) is 5.54 Å². The van der Waals surface area contributed by atoms with Gasteiger partial charge in [-0.1, -0.05) is 19.8 Å². The fraction of sp³-hybridized carbons (Fsp3) is 0.625. The van der Waals surface area contributed by atoms with E-state index in [1.165, 1.54) is 0 Å². The number of urea groups is 1. The van der Waals surface area contributed by atoms with Crippen molar-refractivity contribution in [3.05, 3.63) is 0 Å². The van der Waals surface area contributed by atoms with E-state index in [0.29, 0.717) is 6.42 Å². The minimum absolute atomic E-state index is 0.244. The number of barbiturate groups is 1. The zero-order valence-corrected chi connectivity index (χ0v) is 7.92. The normalized spacial score (nSPS) is 20.3. The molecule has 1 heterocycles. The molecule has 6 heteroatoms. The molecule has 1 aliphatic heterocycles. The quantitative estimate of drug-likeness (QED) is 0.520. The van der Waals surface area contributed by atoms with Crippen LogP contribution in [0.5, 0.6) is 0 Å². The Kier molecular flexibility index (Phi) is 2.85. The first-order valence-electron chi connectivity index (χ1n) is 4.46. The summed E-state index contributed by atoms with van der Waals surface area (Å²) >= 11 is 0. The minimum atomic E-state index is -1.59. The number of carbonyl (C=O) groups excluding carboxylic acids is 3. The van der Waals surface area contributed by atoms with Gasteiger partial charge in [0.25, 0.3) is 11.8 Å². The van der Waals surface area contributed by atoms with E-state index in [4.69, 9.17) is 5.73 Å². The molecule has 78 valence electrons. The Morgan fingerprint density at radius 3 is 2.14 bits per heavy atom. The van der Waals surface area contributed by atoms with Crippen molar-refractivity contribution >= 4 is 17.8 Å². The van der Waals surface area contributed by atoms with Crippen LogP contribution in [0.3, 0.4) is 0 Å². The van der Waals surface area contributed by atoms with E-state index in [-0.39, 0.29) is 6.42 Å². The highest BCUT2D eigenvalue weighted by Crippen LogP contribution is 2.14. The molecule has 0 aliphatic carbocycles. The van der Waals surface area contributed by atoms with Gasteiger partial charge < -0.3 is 5.73 Å². The van der Waals surface area contributed by atoms with Crippen molar-refractivity contribution in [2.45, 2.75) is 31.7 Å². The predicted octanol–water partition coefficient (Wildman–Crippen LogP) is -0.760. The molecule has 0 saturated carbocycles. The van der Waals surface area contributed by atoms with Crippen LogP contribution in [0.25, 0.3) is 0 Å². The molecule has 0 spiro atoms. The number of rotatable bonds is 3. The predicted molar refractivity (Wildman–Crippen MR) is 48.1 cm³/mol. The molecule has 1 saturated heterocycles. The molecule has 6 nitrogen and oxygen atoms in total. The fourth-order valence-electron chi connectivity index (χ4n) is 1.25. The summed E-state index contributed by atoms with van der Waals surface area (Å²) in [7, 11) is 0. The van der Waals surface area contributed by atoms with Crippen LogP contribution in [0.2, 0.25) is 0 Å². The van der Waals surface area contributed by atoms with Crippen LogP contribution >= 0.6 is 0 Å². The van der Waals surface area contributed by atoms with Crippen molar-refractivity contribution in [3.63, 3.8) is 0 Å². The van der Waals surface area contributed by atoms with Gasteiger partial charge in [-0.25, -0.2) is 4.79 Å². The van der Waals surface area contributed by atoms with E-state index in [9.17, 15) is 14.4 Å². The number of hydrogen-bond donors (Lipinski definition) is 3. The summed E-state index contributed by atoms with van der Waals surface area (Å²) in [5.74, 6) is -1.44. The molecule has 0 radical (unpaired) electrons. The van der Waals surface area contributed by atoms with Crippen molar-refractivity contribution in [2.24, 2.45) is 5.73 Å². The number of unbranched alkanes of at least 4 members (excludes halogenated alkanes) is 1. The Labute approximate surface area is 81.2 Å². The van der Waals surface area contributed by atoms with E-state index in [1.807, 2.05) is 17.6 Å². The summed E-state index contributed by atoms with van der Waals surface area (Å²) in [5, 5.41) is 3.95. The lowest BCUT2D eigenvalue weighted by molar-refractivity contribution is -0.138. The van der Waals surface area contributed by atoms with Crippen LogP contribution in [0.1, 0.15) is 26.2 Å². The summed E-state index contributed by atoms with van der Waals surface area (Å²) in [6.07, 6.45) is 1.73. The molecule has 0 aromatic rings. The first-order chi connectivity index (χ1) is 6.50. The highest BCUT2D eigenvalue weighted by Gasteiger charge is 2.46. The van der Waals surface area contributed by atoms with Crippen LogP contribution in [0.15, 0.2) is 0 Å². The minimum Gasteiger partial charge on any atom is -0.309 e. The number of amides is 4. The second-order valence-electron chi connectivity index (χ2n) is 3.31. The van der Waals surface area contributed by atoms with Crippen molar-refractivity contribution in [3.8, 4) is 0 Å². The van der Waals surface area contributed by atoms with Crippen molar-refractivity contribution in [1.29, 1.82) is 0 Å². The molecule has 0 atom stereocenters. The van der Waals surface area contributed by atoms with Crippen molar-refractivity contribution in [2.75, 3.05) is 0 Å². The second-order valence-corrected chi connectivity index (χ2v) is 3.31. The van der Waals surface area contributed by atoms with Crippen LogP contribution in [-0.2, 0) is 9.59 Å². The Bertz CT molecular complexity index is 268. The summed E-state index contributed by atoms with van der Waals surface area (Å²) < 4.78 is 0. The molecule has 0 aromatic carbocycles. The van der Waals surface area contributed by atoms with Crippen molar-refractivity contribution < 1.29 is 14.4 Å². The maximum atomic E-state index is 11.3. The van der Waals surface area contributed by atoms with E-state index < -0.39 is 23.4 Å². The van der Waals surface area contributed by atoms with Gasteiger partial charge in [-0.3, -0.25) is 20.2 Å². The highest BCUT2D eigenvalue weighted by molar-refractivity contribution is 6.22. The maximum absolute atomic E-state index is 11.3. The SMILES string of the molecule is CCCCC1(N)C(=O)NC(=O)NC1=O. The van der Waals surface area contributed by atoms with Gasteiger partial charge in [0.2, 0.25) is 0 Å². The largest absolute Gasteiger partial charge is 0.328 e. The molecule has 1 aliphatic rings. The summed E-state index contributed by atoms with van der Waals surface area (Å²) in [6, 6.07) is -0.808. The third kappa shape index (κ3) is 1.74. The monoisotopic (exact) mass is 199 g/mol. The lowest BCUT2D eigenvalue weighted by Crippen LogP contribution is -2.70. The zero-order valence-electron chi connectivity index (χ0n) is 7.92.